The highest BCUT2D eigenvalue weighted by Gasteiger charge is 2.14. The largest absolute Gasteiger partial charge is 0.423 e. The quantitative estimate of drug-likeness (QED) is 0.296. The molecule has 21 heavy (non-hydrogen) atoms. The molecule has 2 aromatic rings. The zero-order valence-electron chi connectivity index (χ0n) is 11.0. The molecule has 2 N–H and O–H groups in total. The third-order valence-corrected chi connectivity index (χ3v) is 2.65. The summed E-state index contributed by atoms with van der Waals surface area (Å²) in [6.07, 6.45) is 1.04. The molecule has 0 saturated heterocycles. The maximum absolute atomic E-state index is 11.9. The molecule has 0 bridgehead atoms. The third-order valence-electron chi connectivity index (χ3n) is 2.65. The van der Waals surface area contributed by atoms with Gasteiger partial charge in [0.1, 0.15) is 5.75 Å². The molecule has 2 rings (SSSR count). The van der Waals surface area contributed by atoms with E-state index in [9.17, 15) is 9.59 Å². The number of carbonyl (C=O) groups excluding carboxylic acids is 2. The van der Waals surface area contributed by atoms with Crippen molar-refractivity contribution in [2.45, 2.75) is 0 Å². The van der Waals surface area contributed by atoms with Crippen LogP contribution in [0.4, 0.5) is 0 Å². The Morgan fingerprint density at radius 3 is 2.10 bits per heavy atom. The summed E-state index contributed by atoms with van der Waals surface area (Å²) in [5.74, 6) is -1.12. The fraction of sp³-hybridized carbons (Fsp3) is 0. The predicted molar refractivity (Wildman–Crippen MR) is 76.4 cm³/mol. The SMILES string of the molecule is O=C(/C=C(\C(=O)NO)c1ccccc1)Oc1ccccc1. The first-order valence-corrected chi connectivity index (χ1v) is 6.19. The topological polar surface area (TPSA) is 75.6 Å². The van der Waals surface area contributed by atoms with Gasteiger partial charge >= 0.3 is 5.97 Å². The van der Waals surface area contributed by atoms with Crippen molar-refractivity contribution in [3.8, 4) is 5.75 Å². The highest BCUT2D eigenvalue weighted by molar-refractivity contribution is 6.22. The Kier molecular flexibility index (Phi) is 4.84. The molecule has 0 atom stereocenters. The second kappa shape index (κ2) is 7.02. The first-order valence-electron chi connectivity index (χ1n) is 6.19. The van der Waals surface area contributed by atoms with Gasteiger partial charge in [-0.25, -0.2) is 10.3 Å². The molecule has 0 fully saturated rings. The molecular formula is C16H13NO4. The van der Waals surface area contributed by atoms with E-state index in [-0.39, 0.29) is 5.57 Å². The van der Waals surface area contributed by atoms with Gasteiger partial charge in [0.2, 0.25) is 0 Å². The van der Waals surface area contributed by atoms with Gasteiger partial charge in [-0.15, -0.1) is 0 Å². The zero-order valence-corrected chi connectivity index (χ0v) is 11.0. The van der Waals surface area contributed by atoms with Crippen molar-refractivity contribution < 1.29 is 19.5 Å². The van der Waals surface area contributed by atoms with Crippen LogP contribution in [0.25, 0.3) is 5.57 Å². The maximum atomic E-state index is 11.9. The number of ether oxygens (including phenoxy) is 1. The average molecular weight is 283 g/mol. The van der Waals surface area contributed by atoms with Crippen LogP contribution in [-0.4, -0.2) is 17.1 Å². The number of carbonyl (C=O) groups is 2. The van der Waals surface area contributed by atoms with E-state index in [0.29, 0.717) is 11.3 Å². The van der Waals surface area contributed by atoms with Gasteiger partial charge in [0, 0.05) is 6.08 Å². The van der Waals surface area contributed by atoms with Crippen molar-refractivity contribution in [2.75, 3.05) is 0 Å². The zero-order chi connectivity index (χ0) is 15.1. The minimum atomic E-state index is -0.786. The van der Waals surface area contributed by atoms with Gasteiger partial charge in [-0.3, -0.25) is 10.0 Å². The van der Waals surface area contributed by atoms with E-state index in [0.717, 1.165) is 6.08 Å². The van der Waals surface area contributed by atoms with Crippen LogP contribution in [-0.2, 0) is 9.59 Å². The summed E-state index contributed by atoms with van der Waals surface area (Å²) in [5, 5.41) is 8.78. The number of amides is 1. The number of nitrogens with one attached hydrogen (secondary N) is 1. The first kappa shape index (κ1) is 14.5. The third kappa shape index (κ3) is 4.02. The number of esters is 1. The number of rotatable bonds is 4. The Morgan fingerprint density at radius 2 is 1.52 bits per heavy atom. The molecule has 5 heteroatoms. The summed E-state index contributed by atoms with van der Waals surface area (Å²) in [5.41, 5.74) is 2.03. The van der Waals surface area contributed by atoms with Crippen LogP contribution in [0, 0.1) is 0 Å². The summed E-state index contributed by atoms with van der Waals surface area (Å²) in [6.45, 7) is 0. The standard InChI is InChI=1S/C16H13NO4/c18-15(21-13-9-5-2-6-10-13)11-14(16(19)17-20)12-7-3-1-4-8-12/h1-11,20H,(H,17,19)/b14-11-. The molecule has 5 nitrogen and oxygen atoms in total. The van der Waals surface area contributed by atoms with Crippen LogP contribution in [0.1, 0.15) is 5.56 Å². The van der Waals surface area contributed by atoms with Crippen LogP contribution >= 0.6 is 0 Å². The van der Waals surface area contributed by atoms with Crippen LogP contribution in [0.5, 0.6) is 5.75 Å². The molecule has 0 unspecified atom stereocenters. The molecular weight excluding hydrogens is 270 g/mol. The normalized spacial score (nSPS) is 10.8. The number of para-hydroxylation sites is 1. The fourth-order valence-corrected chi connectivity index (χ4v) is 1.71. The Labute approximate surface area is 121 Å². The van der Waals surface area contributed by atoms with E-state index in [2.05, 4.69) is 0 Å². The molecule has 0 spiro atoms. The summed E-state index contributed by atoms with van der Waals surface area (Å²) >= 11 is 0. The van der Waals surface area contributed by atoms with Crippen LogP contribution < -0.4 is 10.2 Å². The predicted octanol–water partition coefficient (Wildman–Crippen LogP) is 2.18. The lowest BCUT2D eigenvalue weighted by Crippen LogP contribution is -2.21. The van der Waals surface area contributed by atoms with E-state index >= 15 is 0 Å². The highest BCUT2D eigenvalue weighted by atomic mass is 16.5. The van der Waals surface area contributed by atoms with Gasteiger partial charge in [0.15, 0.2) is 0 Å². The van der Waals surface area contributed by atoms with Crippen molar-refractivity contribution in [2.24, 2.45) is 0 Å². The molecule has 0 radical (unpaired) electrons. The van der Waals surface area contributed by atoms with Crippen molar-refractivity contribution in [1.82, 2.24) is 5.48 Å². The van der Waals surface area contributed by atoms with Crippen molar-refractivity contribution >= 4 is 17.4 Å². The second-order valence-corrected chi connectivity index (χ2v) is 4.10. The van der Waals surface area contributed by atoms with E-state index in [4.69, 9.17) is 9.94 Å². The Hall–Kier alpha value is -2.92. The average Bonchev–Trinajstić information content (AvgIpc) is 2.53. The number of hydrogen-bond donors (Lipinski definition) is 2. The van der Waals surface area contributed by atoms with Crippen molar-refractivity contribution in [3.05, 3.63) is 72.3 Å². The summed E-state index contributed by atoms with van der Waals surface area (Å²) in [7, 11) is 0. The number of hydroxylamine groups is 1. The minimum Gasteiger partial charge on any atom is -0.423 e. The second-order valence-electron chi connectivity index (χ2n) is 4.10. The number of hydrogen-bond acceptors (Lipinski definition) is 4. The van der Waals surface area contributed by atoms with Gasteiger partial charge in [-0.05, 0) is 17.7 Å². The molecule has 0 aliphatic heterocycles. The Bertz CT molecular complexity index is 650. The summed E-state index contributed by atoms with van der Waals surface area (Å²) < 4.78 is 5.08. The van der Waals surface area contributed by atoms with E-state index in [1.807, 2.05) is 0 Å². The molecule has 0 heterocycles. The molecule has 0 saturated carbocycles. The van der Waals surface area contributed by atoms with Crippen LogP contribution in [0.2, 0.25) is 0 Å². The van der Waals surface area contributed by atoms with Crippen molar-refractivity contribution in [1.29, 1.82) is 0 Å². The van der Waals surface area contributed by atoms with Crippen LogP contribution in [0.3, 0.4) is 0 Å². The van der Waals surface area contributed by atoms with Gasteiger partial charge in [-0.1, -0.05) is 48.5 Å². The van der Waals surface area contributed by atoms with Crippen LogP contribution in [0.15, 0.2) is 66.7 Å². The molecule has 1 amide bonds. The van der Waals surface area contributed by atoms with E-state index in [1.54, 1.807) is 60.7 Å². The molecule has 2 aromatic carbocycles. The molecule has 0 aromatic heterocycles. The van der Waals surface area contributed by atoms with Gasteiger partial charge in [0.05, 0.1) is 5.57 Å². The molecule has 0 aliphatic rings. The Morgan fingerprint density at radius 1 is 0.952 bits per heavy atom. The lowest BCUT2D eigenvalue weighted by atomic mass is 10.1. The summed E-state index contributed by atoms with van der Waals surface area (Å²) in [4.78, 5) is 23.5. The minimum absolute atomic E-state index is 0.0130. The lowest BCUT2D eigenvalue weighted by Gasteiger charge is -2.06. The fourth-order valence-electron chi connectivity index (χ4n) is 1.71. The molecule has 0 aliphatic carbocycles. The first-order chi connectivity index (χ1) is 10.2. The lowest BCUT2D eigenvalue weighted by molar-refractivity contribution is -0.129. The monoisotopic (exact) mass is 283 g/mol. The van der Waals surface area contributed by atoms with Crippen molar-refractivity contribution in [3.63, 3.8) is 0 Å². The maximum Gasteiger partial charge on any atom is 0.336 e. The van der Waals surface area contributed by atoms with E-state index in [1.165, 1.54) is 5.48 Å². The van der Waals surface area contributed by atoms with Gasteiger partial charge < -0.3 is 4.74 Å². The van der Waals surface area contributed by atoms with Gasteiger partial charge in [-0.2, -0.15) is 0 Å². The van der Waals surface area contributed by atoms with E-state index < -0.39 is 11.9 Å². The number of benzene rings is 2. The van der Waals surface area contributed by atoms with Gasteiger partial charge in [0.25, 0.3) is 5.91 Å². The smallest absolute Gasteiger partial charge is 0.336 e. The molecule has 106 valence electrons. The Balaban J connectivity index is 2.24. The summed E-state index contributed by atoms with van der Waals surface area (Å²) in [6, 6.07) is 17.0. The highest BCUT2D eigenvalue weighted by Crippen LogP contribution is 2.15.